The molecule has 0 saturated heterocycles. The van der Waals surface area contributed by atoms with E-state index in [1.807, 2.05) is 19.1 Å². The number of allylic oxidation sites excluding steroid dienone is 3. The minimum atomic E-state index is 0.410. The molecule has 9 heavy (non-hydrogen) atoms. The van der Waals surface area contributed by atoms with Crippen LogP contribution in [0.3, 0.4) is 0 Å². The molecule has 0 aliphatic rings. The van der Waals surface area contributed by atoms with E-state index in [4.69, 9.17) is 11.5 Å². The first-order valence-electron chi connectivity index (χ1n) is 2.71. The van der Waals surface area contributed by atoms with Crippen LogP contribution in [0.1, 0.15) is 6.92 Å². The highest BCUT2D eigenvalue weighted by Crippen LogP contribution is 1.90. The van der Waals surface area contributed by atoms with Gasteiger partial charge in [0.1, 0.15) is 0 Å². The molecular formula is C7H12N2. The second-order valence-electron chi connectivity index (χ2n) is 1.67. The summed E-state index contributed by atoms with van der Waals surface area (Å²) in [5, 5.41) is 0. The molecule has 0 spiro atoms. The summed E-state index contributed by atoms with van der Waals surface area (Å²) in [6.07, 6.45) is 5.39. The first-order chi connectivity index (χ1) is 4.18. The molecule has 0 atom stereocenters. The van der Waals surface area contributed by atoms with E-state index in [1.165, 1.54) is 0 Å². The molecule has 0 aromatic heterocycles. The van der Waals surface area contributed by atoms with E-state index in [9.17, 15) is 0 Å². The largest absolute Gasteiger partial charge is 0.398 e. The third kappa shape index (κ3) is 3.41. The van der Waals surface area contributed by atoms with Gasteiger partial charge in [-0.2, -0.15) is 0 Å². The van der Waals surface area contributed by atoms with E-state index in [0.717, 1.165) is 0 Å². The Kier molecular flexibility index (Phi) is 3.28. The van der Waals surface area contributed by atoms with Crippen LogP contribution < -0.4 is 11.5 Å². The van der Waals surface area contributed by atoms with Gasteiger partial charge in [0.25, 0.3) is 0 Å². The van der Waals surface area contributed by atoms with Crippen molar-refractivity contribution in [3.05, 3.63) is 36.2 Å². The Hall–Kier alpha value is -1.18. The fourth-order valence-corrected chi connectivity index (χ4v) is 0.307. The van der Waals surface area contributed by atoms with Gasteiger partial charge in [0.2, 0.25) is 0 Å². The summed E-state index contributed by atoms with van der Waals surface area (Å²) < 4.78 is 0. The lowest BCUT2D eigenvalue weighted by Gasteiger charge is -1.94. The van der Waals surface area contributed by atoms with Crippen LogP contribution in [0.2, 0.25) is 0 Å². The van der Waals surface area contributed by atoms with Gasteiger partial charge in [-0.15, -0.1) is 0 Å². The quantitative estimate of drug-likeness (QED) is 0.537. The fourth-order valence-electron chi connectivity index (χ4n) is 0.307. The van der Waals surface area contributed by atoms with Crippen LogP contribution in [-0.4, -0.2) is 0 Å². The predicted molar refractivity (Wildman–Crippen MR) is 40.4 cm³/mol. The molecule has 2 heteroatoms. The summed E-state index contributed by atoms with van der Waals surface area (Å²) in [6.45, 7) is 5.36. The minimum Gasteiger partial charge on any atom is -0.398 e. The smallest absolute Gasteiger partial charge is 0.0541 e. The van der Waals surface area contributed by atoms with Crippen molar-refractivity contribution in [3.63, 3.8) is 0 Å². The number of hydrogen-bond acceptors (Lipinski definition) is 2. The van der Waals surface area contributed by atoms with Crippen molar-refractivity contribution in [2.75, 3.05) is 0 Å². The van der Waals surface area contributed by atoms with Crippen LogP contribution in [0, 0.1) is 0 Å². The van der Waals surface area contributed by atoms with Gasteiger partial charge in [0, 0.05) is 5.70 Å². The molecule has 2 nitrogen and oxygen atoms in total. The van der Waals surface area contributed by atoms with E-state index in [0.29, 0.717) is 11.4 Å². The van der Waals surface area contributed by atoms with Crippen LogP contribution in [0.5, 0.6) is 0 Å². The lowest BCUT2D eigenvalue weighted by molar-refractivity contribution is 1.26. The van der Waals surface area contributed by atoms with Crippen LogP contribution in [0.25, 0.3) is 0 Å². The molecule has 0 fully saturated rings. The van der Waals surface area contributed by atoms with E-state index < -0.39 is 0 Å². The Bertz CT molecular complexity index is 154. The normalized spacial score (nSPS) is 12.3. The van der Waals surface area contributed by atoms with Crippen molar-refractivity contribution in [1.29, 1.82) is 0 Å². The lowest BCUT2D eigenvalue weighted by atomic mass is 10.3. The van der Waals surface area contributed by atoms with Crippen molar-refractivity contribution >= 4 is 0 Å². The standard InChI is InChI=1S/C7H12N2/c1-3-4-5-7(9)6(2)8/h3-5H,2,8-9H2,1H3/b4-3-,7-5+. The molecule has 0 amide bonds. The zero-order valence-electron chi connectivity index (χ0n) is 5.59. The van der Waals surface area contributed by atoms with E-state index in [1.54, 1.807) is 6.08 Å². The molecule has 0 radical (unpaired) electrons. The Labute approximate surface area is 55.5 Å². The van der Waals surface area contributed by atoms with Crippen molar-refractivity contribution in [1.82, 2.24) is 0 Å². The average Bonchev–Trinajstić information content (AvgIpc) is 1.82. The van der Waals surface area contributed by atoms with E-state index in [-0.39, 0.29) is 0 Å². The molecule has 0 heterocycles. The summed E-state index contributed by atoms with van der Waals surface area (Å²) in [5.41, 5.74) is 11.6. The number of hydrogen-bond donors (Lipinski definition) is 2. The minimum absolute atomic E-state index is 0.410. The van der Waals surface area contributed by atoms with Crippen molar-refractivity contribution < 1.29 is 0 Å². The molecule has 4 N–H and O–H groups in total. The van der Waals surface area contributed by atoms with Crippen molar-refractivity contribution in [2.45, 2.75) is 6.92 Å². The monoisotopic (exact) mass is 124 g/mol. The first-order valence-corrected chi connectivity index (χ1v) is 2.71. The highest BCUT2D eigenvalue weighted by Gasteiger charge is 1.84. The average molecular weight is 124 g/mol. The summed E-state index contributed by atoms with van der Waals surface area (Å²) in [7, 11) is 0. The van der Waals surface area contributed by atoms with E-state index in [2.05, 4.69) is 6.58 Å². The second kappa shape index (κ2) is 3.78. The van der Waals surface area contributed by atoms with Gasteiger partial charge in [-0.05, 0) is 13.0 Å². The van der Waals surface area contributed by atoms with Crippen LogP contribution in [0.4, 0.5) is 0 Å². The van der Waals surface area contributed by atoms with Gasteiger partial charge in [0.15, 0.2) is 0 Å². The van der Waals surface area contributed by atoms with Crippen LogP contribution in [-0.2, 0) is 0 Å². The third-order valence-corrected chi connectivity index (χ3v) is 0.839. The molecule has 0 aromatic carbocycles. The van der Waals surface area contributed by atoms with E-state index >= 15 is 0 Å². The zero-order valence-corrected chi connectivity index (χ0v) is 5.59. The van der Waals surface area contributed by atoms with Gasteiger partial charge in [-0.3, -0.25) is 0 Å². The SMILES string of the molecule is C=C(N)/C(N)=C\C=C/C. The van der Waals surface area contributed by atoms with Gasteiger partial charge in [-0.1, -0.05) is 18.7 Å². The maximum Gasteiger partial charge on any atom is 0.0541 e. The third-order valence-electron chi connectivity index (χ3n) is 0.839. The Balaban J connectivity index is 4.00. The maximum atomic E-state index is 5.39. The van der Waals surface area contributed by atoms with Gasteiger partial charge in [-0.25, -0.2) is 0 Å². The first kappa shape index (κ1) is 7.82. The highest BCUT2D eigenvalue weighted by atomic mass is 14.7. The van der Waals surface area contributed by atoms with Crippen molar-refractivity contribution in [3.8, 4) is 0 Å². The molecule has 0 bridgehead atoms. The summed E-state index contributed by atoms with van der Waals surface area (Å²) in [5.74, 6) is 0. The Morgan fingerprint density at radius 3 is 2.33 bits per heavy atom. The molecule has 0 saturated carbocycles. The molecular weight excluding hydrogens is 112 g/mol. The summed E-state index contributed by atoms with van der Waals surface area (Å²) in [4.78, 5) is 0. The van der Waals surface area contributed by atoms with Gasteiger partial charge >= 0.3 is 0 Å². The summed E-state index contributed by atoms with van der Waals surface area (Å²) >= 11 is 0. The predicted octanol–water partition coefficient (Wildman–Crippen LogP) is 0.878. The lowest BCUT2D eigenvalue weighted by Crippen LogP contribution is -2.06. The number of nitrogens with two attached hydrogens (primary N) is 2. The zero-order chi connectivity index (χ0) is 7.28. The van der Waals surface area contributed by atoms with Gasteiger partial charge < -0.3 is 11.5 Å². The van der Waals surface area contributed by atoms with Gasteiger partial charge in [0.05, 0.1) is 5.70 Å². The fraction of sp³-hybridized carbons (Fsp3) is 0.143. The Morgan fingerprint density at radius 1 is 1.44 bits per heavy atom. The molecule has 0 rings (SSSR count). The second-order valence-corrected chi connectivity index (χ2v) is 1.67. The molecule has 0 aliphatic carbocycles. The molecule has 0 aliphatic heterocycles. The summed E-state index contributed by atoms with van der Waals surface area (Å²) in [6, 6.07) is 0. The van der Waals surface area contributed by atoms with Crippen LogP contribution >= 0.6 is 0 Å². The highest BCUT2D eigenvalue weighted by molar-refractivity contribution is 5.25. The van der Waals surface area contributed by atoms with Crippen LogP contribution in [0.15, 0.2) is 36.2 Å². The maximum absolute atomic E-state index is 5.39. The number of rotatable bonds is 2. The molecule has 0 unspecified atom stereocenters. The van der Waals surface area contributed by atoms with Crippen molar-refractivity contribution in [2.24, 2.45) is 11.5 Å². The Morgan fingerprint density at radius 2 is 2.00 bits per heavy atom. The topological polar surface area (TPSA) is 52.0 Å². The molecule has 50 valence electrons. The molecule has 0 aromatic rings.